The van der Waals surface area contributed by atoms with Crippen LogP contribution in [-0.2, 0) is 10.0 Å². The van der Waals surface area contributed by atoms with Gasteiger partial charge in [-0.2, -0.15) is 4.31 Å². The SMILES string of the molecule is CCN(CCO)S(=O)(=O)c1cc(C)cc(F)c1. The van der Waals surface area contributed by atoms with E-state index in [9.17, 15) is 12.8 Å². The number of nitrogens with zero attached hydrogens (tertiary/aromatic N) is 1. The minimum absolute atomic E-state index is 0.00833. The van der Waals surface area contributed by atoms with Gasteiger partial charge in [-0.1, -0.05) is 6.92 Å². The molecule has 1 aromatic rings. The molecule has 4 nitrogen and oxygen atoms in total. The van der Waals surface area contributed by atoms with Gasteiger partial charge in [0, 0.05) is 13.1 Å². The third-order valence-electron chi connectivity index (χ3n) is 2.36. The smallest absolute Gasteiger partial charge is 0.243 e. The molecular formula is C11H16FNO3S. The van der Waals surface area contributed by atoms with Gasteiger partial charge in [-0.3, -0.25) is 0 Å². The van der Waals surface area contributed by atoms with E-state index in [0.717, 1.165) is 10.4 Å². The molecule has 0 amide bonds. The Labute approximate surface area is 101 Å². The molecule has 0 fully saturated rings. The summed E-state index contributed by atoms with van der Waals surface area (Å²) >= 11 is 0. The Kier molecular flexibility index (Phi) is 4.62. The van der Waals surface area contributed by atoms with Crippen LogP contribution in [0.3, 0.4) is 0 Å². The largest absolute Gasteiger partial charge is 0.395 e. The summed E-state index contributed by atoms with van der Waals surface area (Å²) in [6.45, 7) is 3.28. The molecule has 0 heterocycles. The molecule has 17 heavy (non-hydrogen) atoms. The van der Waals surface area contributed by atoms with Gasteiger partial charge in [0.2, 0.25) is 10.0 Å². The number of sulfonamides is 1. The lowest BCUT2D eigenvalue weighted by Crippen LogP contribution is -2.33. The van der Waals surface area contributed by atoms with Crippen LogP contribution >= 0.6 is 0 Å². The summed E-state index contributed by atoms with van der Waals surface area (Å²) in [4.78, 5) is -0.0784. The molecule has 0 saturated heterocycles. The zero-order valence-electron chi connectivity index (χ0n) is 9.85. The van der Waals surface area contributed by atoms with E-state index in [1.54, 1.807) is 13.8 Å². The summed E-state index contributed by atoms with van der Waals surface area (Å²) in [5, 5.41) is 8.81. The number of hydrogen-bond acceptors (Lipinski definition) is 3. The Morgan fingerprint density at radius 3 is 2.47 bits per heavy atom. The Morgan fingerprint density at radius 1 is 1.35 bits per heavy atom. The van der Waals surface area contributed by atoms with Crippen molar-refractivity contribution in [3.63, 3.8) is 0 Å². The summed E-state index contributed by atoms with van der Waals surface area (Å²) in [6.07, 6.45) is 0. The van der Waals surface area contributed by atoms with Crippen molar-refractivity contribution in [1.82, 2.24) is 4.31 Å². The van der Waals surface area contributed by atoms with Crippen LogP contribution in [0, 0.1) is 12.7 Å². The van der Waals surface area contributed by atoms with Crippen LogP contribution in [0.2, 0.25) is 0 Å². The molecule has 0 atom stereocenters. The number of hydrogen-bond donors (Lipinski definition) is 1. The second kappa shape index (κ2) is 5.57. The van der Waals surface area contributed by atoms with Gasteiger partial charge < -0.3 is 5.11 Å². The summed E-state index contributed by atoms with van der Waals surface area (Å²) in [5.74, 6) is -0.580. The van der Waals surface area contributed by atoms with Crippen LogP contribution < -0.4 is 0 Å². The van der Waals surface area contributed by atoms with E-state index in [1.807, 2.05) is 0 Å². The van der Waals surface area contributed by atoms with Crippen molar-refractivity contribution in [3.05, 3.63) is 29.6 Å². The van der Waals surface area contributed by atoms with Crippen molar-refractivity contribution in [2.45, 2.75) is 18.7 Å². The Morgan fingerprint density at radius 2 is 2.00 bits per heavy atom. The summed E-state index contributed by atoms with van der Waals surface area (Å²) in [6, 6.07) is 3.67. The lowest BCUT2D eigenvalue weighted by atomic mass is 10.2. The van der Waals surface area contributed by atoms with E-state index >= 15 is 0 Å². The standard InChI is InChI=1S/C11H16FNO3S/c1-3-13(4-5-14)17(15,16)11-7-9(2)6-10(12)8-11/h6-8,14H,3-5H2,1-2H3. The number of aryl methyl sites for hydroxylation is 1. The first-order chi connectivity index (χ1) is 7.91. The summed E-state index contributed by atoms with van der Waals surface area (Å²) in [5.41, 5.74) is 0.545. The van der Waals surface area contributed by atoms with Gasteiger partial charge in [0.25, 0.3) is 0 Å². The van der Waals surface area contributed by atoms with Crippen molar-refractivity contribution in [2.24, 2.45) is 0 Å². The molecule has 1 rings (SSSR count). The number of aliphatic hydroxyl groups excluding tert-OH is 1. The highest BCUT2D eigenvalue weighted by Crippen LogP contribution is 2.18. The first-order valence-corrected chi connectivity index (χ1v) is 6.74. The van der Waals surface area contributed by atoms with Gasteiger partial charge in [-0.25, -0.2) is 12.8 Å². The molecule has 1 aromatic carbocycles. The first-order valence-electron chi connectivity index (χ1n) is 5.30. The minimum atomic E-state index is -3.72. The van der Waals surface area contributed by atoms with Crippen LogP contribution in [0.5, 0.6) is 0 Å². The highest BCUT2D eigenvalue weighted by molar-refractivity contribution is 7.89. The third kappa shape index (κ3) is 3.24. The molecule has 0 aromatic heterocycles. The van der Waals surface area contributed by atoms with Gasteiger partial charge in [0.15, 0.2) is 0 Å². The average molecular weight is 261 g/mol. The maximum atomic E-state index is 13.2. The molecule has 0 bridgehead atoms. The molecule has 6 heteroatoms. The quantitative estimate of drug-likeness (QED) is 0.864. The Balaban J connectivity index is 3.20. The lowest BCUT2D eigenvalue weighted by molar-refractivity contribution is 0.257. The van der Waals surface area contributed by atoms with Crippen LogP contribution in [0.25, 0.3) is 0 Å². The molecule has 0 unspecified atom stereocenters. The van der Waals surface area contributed by atoms with E-state index in [0.29, 0.717) is 5.56 Å². The van der Waals surface area contributed by atoms with Crippen LogP contribution in [0.15, 0.2) is 23.1 Å². The van der Waals surface area contributed by atoms with Crippen molar-refractivity contribution in [3.8, 4) is 0 Å². The summed E-state index contributed by atoms with van der Waals surface area (Å²) in [7, 11) is -3.72. The normalized spacial score (nSPS) is 12.1. The molecular weight excluding hydrogens is 245 g/mol. The third-order valence-corrected chi connectivity index (χ3v) is 4.31. The van der Waals surface area contributed by atoms with Gasteiger partial charge in [-0.05, 0) is 30.7 Å². The number of likely N-dealkylation sites (N-methyl/N-ethyl adjacent to an activating group) is 1. The lowest BCUT2D eigenvalue weighted by Gasteiger charge is -2.19. The van der Waals surface area contributed by atoms with Crippen molar-refractivity contribution in [1.29, 1.82) is 0 Å². The number of rotatable bonds is 5. The van der Waals surface area contributed by atoms with Crippen LogP contribution in [0.1, 0.15) is 12.5 Å². The maximum Gasteiger partial charge on any atom is 0.243 e. The van der Waals surface area contributed by atoms with E-state index in [-0.39, 0.29) is 24.6 Å². The second-order valence-corrected chi connectivity index (χ2v) is 5.62. The van der Waals surface area contributed by atoms with Crippen LogP contribution in [-0.4, -0.2) is 37.5 Å². The molecule has 0 spiro atoms. The molecule has 0 aliphatic carbocycles. The fourth-order valence-electron chi connectivity index (χ4n) is 1.56. The van der Waals surface area contributed by atoms with E-state index < -0.39 is 15.8 Å². The van der Waals surface area contributed by atoms with Gasteiger partial charge in [-0.15, -0.1) is 0 Å². The molecule has 0 aliphatic rings. The Hall–Kier alpha value is -0.980. The minimum Gasteiger partial charge on any atom is -0.395 e. The predicted molar refractivity (Wildman–Crippen MR) is 62.7 cm³/mol. The first kappa shape index (κ1) is 14.1. The van der Waals surface area contributed by atoms with E-state index in [2.05, 4.69) is 0 Å². The van der Waals surface area contributed by atoms with Crippen molar-refractivity contribution in [2.75, 3.05) is 19.7 Å². The topological polar surface area (TPSA) is 57.6 Å². The van der Waals surface area contributed by atoms with Gasteiger partial charge >= 0.3 is 0 Å². The summed E-state index contributed by atoms with van der Waals surface area (Å²) < 4.78 is 38.5. The number of benzene rings is 1. The Bertz CT molecular complexity index is 467. The zero-order valence-corrected chi connectivity index (χ0v) is 10.7. The molecule has 96 valence electrons. The van der Waals surface area contributed by atoms with Crippen LogP contribution in [0.4, 0.5) is 4.39 Å². The highest BCUT2D eigenvalue weighted by atomic mass is 32.2. The van der Waals surface area contributed by atoms with E-state index in [1.165, 1.54) is 12.1 Å². The fraction of sp³-hybridized carbons (Fsp3) is 0.455. The van der Waals surface area contributed by atoms with Crippen molar-refractivity contribution >= 4 is 10.0 Å². The number of halogens is 1. The van der Waals surface area contributed by atoms with Gasteiger partial charge in [0.05, 0.1) is 11.5 Å². The second-order valence-electron chi connectivity index (χ2n) is 3.68. The van der Waals surface area contributed by atoms with Gasteiger partial charge in [0.1, 0.15) is 5.82 Å². The zero-order chi connectivity index (χ0) is 13.1. The molecule has 0 radical (unpaired) electrons. The monoisotopic (exact) mass is 261 g/mol. The maximum absolute atomic E-state index is 13.2. The van der Waals surface area contributed by atoms with Crippen molar-refractivity contribution < 1.29 is 17.9 Å². The number of aliphatic hydroxyl groups is 1. The predicted octanol–water partition coefficient (Wildman–Crippen LogP) is 1.14. The molecule has 1 N–H and O–H groups in total. The molecule has 0 aliphatic heterocycles. The average Bonchev–Trinajstić information content (AvgIpc) is 2.24. The highest BCUT2D eigenvalue weighted by Gasteiger charge is 2.23. The molecule has 0 saturated carbocycles. The van der Waals surface area contributed by atoms with E-state index in [4.69, 9.17) is 5.11 Å². The fourth-order valence-corrected chi connectivity index (χ4v) is 3.12.